The summed E-state index contributed by atoms with van der Waals surface area (Å²) in [6, 6.07) is 7.10. The average Bonchev–Trinajstić information content (AvgIpc) is 3.82. The van der Waals surface area contributed by atoms with E-state index in [1.54, 1.807) is 29.2 Å². The van der Waals surface area contributed by atoms with Gasteiger partial charge in [0.25, 0.3) is 11.8 Å². The van der Waals surface area contributed by atoms with E-state index in [-0.39, 0.29) is 53.8 Å². The first-order chi connectivity index (χ1) is 30.8. The quantitative estimate of drug-likeness (QED) is 0.176. The Bertz CT molecular complexity index is 2230. The summed E-state index contributed by atoms with van der Waals surface area (Å²) in [5.74, 6) is -4.69. The molecule has 4 fully saturated rings. The van der Waals surface area contributed by atoms with Gasteiger partial charge in [-0.1, -0.05) is 12.8 Å². The normalized spacial score (nSPS) is 21.3. The number of amides is 4. The van der Waals surface area contributed by atoms with Gasteiger partial charge in [-0.2, -0.15) is 13.8 Å². The molecule has 5 aliphatic rings. The number of halogens is 3. The molecule has 3 saturated heterocycles. The highest BCUT2D eigenvalue weighted by atomic mass is 19.3. The molecule has 64 heavy (non-hydrogen) atoms. The second kappa shape index (κ2) is 19.1. The lowest BCUT2D eigenvalue weighted by atomic mass is 9.94. The molecule has 5 heterocycles. The number of rotatable bonds is 13. The minimum absolute atomic E-state index is 0.135. The molecule has 3 aromatic rings. The number of methoxy groups -OCH3 is 2. The lowest BCUT2D eigenvalue weighted by Gasteiger charge is -2.38. The number of aromatic nitrogens is 2. The summed E-state index contributed by atoms with van der Waals surface area (Å²) in [7, 11) is 4.33. The summed E-state index contributed by atoms with van der Waals surface area (Å²) in [5, 5.41) is 10.3. The van der Waals surface area contributed by atoms with Crippen molar-refractivity contribution in [3.05, 3.63) is 47.9 Å². The summed E-state index contributed by atoms with van der Waals surface area (Å²) < 4.78 is 56.7. The molecule has 1 aromatic heterocycles. The third kappa shape index (κ3) is 9.76. The molecule has 0 radical (unpaired) electrons. The Morgan fingerprint density at radius 1 is 0.906 bits per heavy atom. The lowest BCUT2D eigenvalue weighted by molar-refractivity contribution is -0.140. The number of piperidine rings is 2. The summed E-state index contributed by atoms with van der Waals surface area (Å²) in [6.07, 6.45) is 8.03. The number of hydrogen-bond acceptors (Lipinski definition) is 14. The number of hydrogen-bond donors (Lipinski definition) is 4. The zero-order valence-electron chi connectivity index (χ0n) is 36.4. The molecule has 8 rings (SSSR count). The highest BCUT2D eigenvalue weighted by Crippen LogP contribution is 2.40. The van der Waals surface area contributed by atoms with Crippen molar-refractivity contribution in [3.8, 4) is 11.5 Å². The highest BCUT2D eigenvalue weighted by molar-refractivity contribution is 6.02. The number of piperazine rings is 1. The third-order valence-corrected chi connectivity index (χ3v) is 13.1. The number of imide groups is 1. The van der Waals surface area contributed by atoms with E-state index in [4.69, 9.17) is 9.47 Å². The molecular formula is C44H56F3N11O6. The first-order valence-corrected chi connectivity index (χ1v) is 22.1. The molecule has 4 N–H and O–H groups in total. The number of ether oxygens (including phenoxy) is 2. The van der Waals surface area contributed by atoms with Gasteiger partial charge in [-0.05, 0) is 69.2 Å². The van der Waals surface area contributed by atoms with Crippen molar-refractivity contribution in [1.82, 2.24) is 30.6 Å². The van der Waals surface area contributed by atoms with E-state index in [1.165, 1.54) is 33.5 Å². The van der Waals surface area contributed by atoms with Crippen molar-refractivity contribution in [1.29, 1.82) is 0 Å². The van der Waals surface area contributed by atoms with Crippen LogP contribution in [0.5, 0.6) is 11.5 Å². The number of carbonyl (C=O) groups excluding carboxylic acids is 4. The van der Waals surface area contributed by atoms with Gasteiger partial charge in [-0.3, -0.25) is 34.8 Å². The average molecular weight is 892 g/mol. The van der Waals surface area contributed by atoms with Crippen LogP contribution in [0.4, 0.5) is 47.7 Å². The van der Waals surface area contributed by atoms with E-state index in [0.717, 1.165) is 69.5 Å². The Morgan fingerprint density at radius 2 is 1.64 bits per heavy atom. The summed E-state index contributed by atoms with van der Waals surface area (Å²) >= 11 is 0. The molecule has 1 unspecified atom stereocenters. The summed E-state index contributed by atoms with van der Waals surface area (Å²) in [5.41, 5.74) is 4.92. The lowest BCUT2D eigenvalue weighted by Crippen LogP contribution is -2.48. The Labute approximate surface area is 370 Å². The molecule has 20 heteroatoms. The third-order valence-electron chi connectivity index (χ3n) is 13.1. The van der Waals surface area contributed by atoms with Gasteiger partial charge in [0.05, 0.1) is 44.0 Å². The number of carbonyl (C=O) groups is 4. The SMILES string of the molecule is COc1cc(C(=O)NN2CCC(CCN3CCN(c4cc(F)c(NC5CCC(=O)NC5=O)cc4OC)CC3)CC2)ccc1Nc1ncc2c(n1)N(C1CCCC1)CC(F)(F)C(=O)N2C. The number of anilines is 6. The van der Waals surface area contributed by atoms with Gasteiger partial charge in [0, 0.05) is 76.5 Å². The number of benzene rings is 2. The second-order valence-corrected chi connectivity index (χ2v) is 17.2. The van der Waals surface area contributed by atoms with Crippen molar-refractivity contribution < 1.29 is 41.8 Å². The minimum Gasteiger partial charge on any atom is -0.495 e. The van der Waals surface area contributed by atoms with E-state index in [2.05, 4.69) is 41.1 Å². The number of fused-ring (bicyclic) bond motifs is 1. The van der Waals surface area contributed by atoms with Crippen LogP contribution in [0.3, 0.4) is 0 Å². The zero-order chi connectivity index (χ0) is 45.1. The van der Waals surface area contributed by atoms with E-state index < -0.39 is 36.1 Å². The smallest absolute Gasteiger partial charge is 0.342 e. The van der Waals surface area contributed by atoms with Crippen molar-refractivity contribution in [3.63, 3.8) is 0 Å². The second-order valence-electron chi connectivity index (χ2n) is 17.2. The van der Waals surface area contributed by atoms with E-state index in [9.17, 15) is 19.2 Å². The predicted molar refractivity (Wildman–Crippen MR) is 234 cm³/mol. The van der Waals surface area contributed by atoms with Crippen molar-refractivity contribution in [2.75, 3.05) is 99.0 Å². The Balaban J connectivity index is 0.802. The summed E-state index contributed by atoms with van der Waals surface area (Å²) in [6.45, 7) is 4.63. The van der Waals surface area contributed by atoms with Crippen molar-refractivity contribution in [2.45, 2.75) is 75.8 Å². The molecule has 1 aliphatic carbocycles. The molecule has 0 spiro atoms. The number of nitrogens with one attached hydrogen (secondary N) is 4. The van der Waals surface area contributed by atoms with Crippen LogP contribution in [-0.4, -0.2) is 135 Å². The molecule has 1 saturated carbocycles. The van der Waals surface area contributed by atoms with Gasteiger partial charge in [0.2, 0.25) is 17.8 Å². The van der Waals surface area contributed by atoms with Gasteiger partial charge in [0.15, 0.2) is 5.82 Å². The van der Waals surface area contributed by atoms with Gasteiger partial charge in [0.1, 0.15) is 29.0 Å². The van der Waals surface area contributed by atoms with Gasteiger partial charge >= 0.3 is 5.92 Å². The molecule has 4 aliphatic heterocycles. The number of nitrogens with zero attached hydrogens (tertiary/aromatic N) is 7. The van der Waals surface area contributed by atoms with E-state index in [1.807, 2.05) is 5.01 Å². The Kier molecular flexibility index (Phi) is 13.3. The molecule has 17 nitrogen and oxygen atoms in total. The molecule has 0 bridgehead atoms. The zero-order valence-corrected chi connectivity index (χ0v) is 36.4. The van der Waals surface area contributed by atoms with Crippen molar-refractivity contribution in [2.24, 2.45) is 5.92 Å². The summed E-state index contributed by atoms with van der Waals surface area (Å²) in [4.78, 5) is 65.8. The van der Waals surface area contributed by atoms with Gasteiger partial charge in [-0.15, -0.1) is 0 Å². The van der Waals surface area contributed by atoms with Gasteiger partial charge in [-0.25, -0.2) is 14.4 Å². The molecule has 344 valence electrons. The topological polar surface area (TPSA) is 177 Å². The van der Waals surface area contributed by atoms with E-state index in [0.29, 0.717) is 60.5 Å². The maximum atomic E-state index is 15.3. The van der Waals surface area contributed by atoms with E-state index >= 15 is 13.2 Å². The Morgan fingerprint density at radius 3 is 2.34 bits per heavy atom. The molecule has 1 atom stereocenters. The maximum Gasteiger partial charge on any atom is 0.342 e. The predicted octanol–water partition coefficient (Wildman–Crippen LogP) is 4.52. The molecule has 4 amide bonds. The van der Waals surface area contributed by atoms with Crippen LogP contribution in [0, 0.1) is 11.7 Å². The first-order valence-electron chi connectivity index (χ1n) is 22.1. The fourth-order valence-electron chi connectivity index (χ4n) is 9.36. The van der Waals surface area contributed by atoms with Crippen LogP contribution in [0.2, 0.25) is 0 Å². The monoisotopic (exact) mass is 891 g/mol. The molecular weight excluding hydrogens is 836 g/mol. The fourth-order valence-corrected chi connectivity index (χ4v) is 9.36. The first kappa shape index (κ1) is 44.7. The fraction of sp³-hybridized carbons (Fsp3) is 0.545. The van der Waals surface area contributed by atoms with Crippen LogP contribution >= 0.6 is 0 Å². The van der Waals surface area contributed by atoms with Crippen LogP contribution < -0.4 is 45.5 Å². The molecule has 2 aromatic carbocycles. The maximum absolute atomic E-state index is 15.3. The van der Waals surface area contributed by atoms with Crippen molar-refractivity contribution >= 4 is 58.1 Å². The Hall–Kier alpha value is -5.89. The van der Waals surface area contributed by atoms with Crippen LogP contribution in [0.1, 0.15) is 68.1 Å². The standard InChI is InChI=1S/C44H56F3N11O6/c1-54-35-25-48-43(52-39(35)58(29-6-4-5-7-29)26-44(46,47)42(54)62)50-31-9-8-28(22-36(31)63-2)40(60)53-57-16-13-27(14-17-57)12-15-55-18-20-56(21-19-55)34-23-30(45)33(24-37(34)64-3)49-32-10-11-38(59)51-41(32)61/h8-9,22-25,27,29,32,49H,4-7,10-21,26H2,1-3H3,(H,53,60)(H,48,50,52)(H,51,59,61). The van der Waals surface area contributed by atoms with Crippen LogP contribution in [0.15, 0.2) is 36.5 Å². The van der Waals surface area contributed by atoms with Crippen LogP contribution in [-0.2, 0) is 14.4 Å². The van der Waals surface area contributed by atoms with Crippen LogP contribution in [0.25, 0.3) is 0 Å². The minimum atomic E-state index is -3.58. The highest BCUT2D eigenvalue weighted by Gasteiger charge is 2.49. The largest absolute Gasteiger partial charge is 0.495 e. The number of hydrazine groups is 1. The van der Waals surface area contributed by atoms with Gasteiger partial charge < -0.3 is 34.8 Å². The number of alkyl halides is 2.